The Morgan fingerprint density at radius 1 is 1.29 bits per heavy atom. The lowest BCUT2D eigenvalue weighted by Crippen LogP contribution is -2.39. The Bertz CT molecular complexity index is 860. The molecule has 1 saturated carbocycles. The van der Waals surface area contributed by atoms with Crippen LogP contribution in [0.3, 0.4) is 0 Å². The van der Waals surface area contributed by atoms with E-state index in [9.17, 15) is 9.59 Å². The van der Waals surface area contributed by atoms with E-state index in [0.717, 1.165) is 29.8 Å². The Hall–Kier alpha value is -2.57. The van der Waals surface area contributed by atoms with Crippen LogP contribution in [0.1, 0.15) is 64.4 Å². The van der Waals surface area contributed by atoms with E-state index in [1.165, 1.54) is 19.3 Å². The van der Waals surface area contributed by atoms with Crippen molar-refractivity contribution in [2.24, 2.45) is 10.9 Å². The molecular weight excluding hydrogens is 392 g/mol. The lowest BCUT2D eigenvalue weighted by Gasteiger charge is -2.31. The summed E-state index contributed by atoms with van der Waals surface area (Å²) in [6, 6.07) is 6.07. The third-order valence-electron chi connectivity index (χ3n) is 6.68. The number of carbonyl (C=O) groups is 2. The van der Waals surface area contributed by atoms with Gasteiger partial charge in [-0.05, 0) is 43.4 Å². The molecule has 31 heavy (non-hydrogen) atoms. The van der Waals surface area contributed by atoms with Crippen LogP contribution in [0.5, 0.6) is 5.75 Å². The standard InChI is InChI=1S/C24H34N4O3/c1-16(2)22-23(30)26-24-25-20-12-11-19(14-17(20)15-28(22)24)31-13-7-10-21(29)27(3)18-8-5-4-6-9-18/h11-12,14,16,18,22H,4-10,13,15H2,1-3H3,(H,25,26,30)/t22-/m1/s1. The number of nitrogens with zero attached hydrogens (tertiary/aromatic N) is 3. The number of nitrogens with one attached hydrogen (secondary N) is 1. The minimum absolute atomic E-state index is 0.0147. The summed E-state index contributed by atoms with van der Waals surface area (Å²) in [5, 5.41) is 2.90. The average Bonchev–Trinajstić information content (AvgIpc) is 3.09. The topological polar surface area (TPSA) is 74.2 Å². The molecule has 7 heteroatoms. The second-order valence-electron chi connectivity index (χ2n) is 9.28. The smallest absolute Gasteiger partial charge is 0.249 e. The molecule has 0 unspecified atom stereocenters. The number of amides is 2. The predicted molar refractivity (Wildman–Crippen MR) is 120 cm³/mol. The number of guanidine groups is 1. The highest BCUT2D eigenvalue weighted by atomic mass is 16.5. The van der Waals surface area contributed by atoms with Gasteiger partial charge in [0.15, 0.2) is 0 Å². The van der Waals surface area contributed by atoms with Gasteiger partial charge in [-0.2, -0.15) is 0 Å². The molecule has 2 heterocycles. The first-order valence-electron chi connectivity index (χ1n) is 11.6. The molecule has 168 valence electrons. The van der Waals surface area contributed by atoms with Gasteiger partial charge >= 0.3 is 0 Å². The SMILES string of the molecule is CC(C)[C@@H]1C(=O)NC2=Nc3ccc(OCCCC(=O)N(C)C4CCCCC4)cc3CN21. The van der Waals surface area contributed by atoms with E-state index in [1.54, 1.807) is 0 Å². The van der Waals surface area contributed by atoms with E-state index in [1.807, 2.05) is 35.0 Å². The molecule has 2 amide bonds. The molecule has 4 rings (SSSR count). The Morgan fingerprint density at radius 2 is 2.06 bits per heavy atom. The van der Waals surface area contributed by atoms with Crippen LogP contribution in [-0.2, 0) is 16.1 Å². The zero-order chi connectivity index (χ0) is 22.0. The van der Waals surface area contributed by atoms with Crippen LogP contribution < -0.4 is 10.1 Å². The van der Waals surface area contributed by atoms with Crippen molar-refractivity contribution in [2.45, 2.75) is 77.4 Å². The normalized spacial score (nSPS) is 20.8. The van der Waals surface area contributed by atoms with Crippen molar-refractivity contribution in [2.75, 3.05) is 13.7 Å². The molecule has 3 aliphatic rings. The van der Waals surface area contributed by atoms with Gasteiger partial charge in [-0.15, -0.1) is 0 Å². The number of hydrogen-bond acceptors (Lipinski definition) is 5. The van der Waals surface area contributed by atoms with Crippen LogP contribution in [0.4, 0.5) is 5.69 Å². The fourth-order valence-corrected chi connectivity index (χ4v) is 4.90. The van der Waals surface area contributed by atoms with Crippen molar-refractivity contribution in [3.8, 4) is 5.75 Å². The molecule has 1 aromatic rings. The summed E-state index contributed by atoms with van der Waals surface area (Å²) in [7, 11) is 1.94. The maximum atomic E-state index is 12.5. The number of benzene rings is 1. The quantitative estimate of drug-likeness (QED) is 0.676. The number of aliphatic imine (C=N–C) groups is 1. The van der Waals surface area contributed by atoms with Gasteiger partial charge in [-0.25, -0.2) is 4.99 Å². The van der Waals surface area contributed by atoms with E-state index < -0.39 is 0 Å². The van der Waals surface area contributed by atoms with E-state index in [0.29, 0.717) is 38.0 Å². The molecule has 0 bridgehead atoms. The van der Waals surface area contributed by atoms with Crippen molar-refractivity contribution in [3.05, 3.63) is 23.8 Å². The number of fused-ring (bicyclic) bond motifs is 2. The van der Waals surface area contributed by atoms with E-state index in [-0.39, 0.29) is 23.8 Å². The van der Waals surface area contributed by atoms with Crippen LogP contribution in [0.25, 0.3) is 0 Å². The van der Waals surface area contributed by atoms with Gasteiger partial charge < -0.3 is 14.5 Å². The number of hydrogen-bond donors (Lipinski definition) is 1. The Labute approximate surface area is 184 Å². The minimum atomic E-state index is -0.191. The summed E-state index contributed by atoms with van der Waals surface area (Å²) in [5.41, 5.74) is 1.92. The number of rotatable bonds is 7. The lowest BCUT2D eigenvalue weighted by atomic mass is 9.94. The molecule has 1 N–H and O–H groups in total. The molecular formula is C24H34N4O3. The molecule has 0 aromatic heterocycles. The summed E-state index contributed by atoms with van der Waals surface area (Å²) in [5.74, 6) is 1.86. The summed E-state index contributed by atoms with van der Waals surface area (Å²) in [6.45, 7) is 5.25. The fraction of sp³-hybridized carbons (Fsp3) is 0.625. The maximum absolute atomic E-state index is 12.5. The van der Waals surface area contributed by atoms with Crippen molar-refractivity contribution in [1.29, 1.82) is 0 Å². The highest BCUT2D eigenvalue weighted by Crippen LogP contribution is 2.33. The van der Waals surface area contributed by atoms with Crippen molar-refractivity contribution in [3.63, 3.8) is 0 Å². The van der Waals surface area contributed by atoms with Gasteiger partial charge in [0.05, 0.1) is 12.3 Å². The van der Waals surface area contributed by atoms with Crippen molar-refractivity contribution < 1.29 is 14.3 Å². The lowest BCUT2D eigenvalue weighted by molar-refractivity contribution is -0.132. The summed E-state index contributed by atoms with van der Waals surface area (Å²) >= 11 is 0. The highest BCUT2D eigenvalue weighted by Gasteiger charge is 2.40. The minimum Gasteiger partial charge on any atom is -0.494 e. The van der Waals surface area contributed by atoms with Crippen LogP contribution in [0, 0.1) is 5.92 Å². The van der Waals surface area contributed by atoms with Crippen LogP contribution >= 0.6 is 0 Å². The fourth-order valence-electron chi connectivity index (χ4n) is 4.90. The zero-order valence-corrected chi connectivity index (χ0v) is 18.9. The molecule has 0 spiro atoms. The van der Waals surface area contributed by atoms with Gasteiger partial charge in [0.25, 0.3) is 0 Å². The molecule has 7 nitrogen and oxygen atoms in total. The molecule has 2 aliphatic heterocycles. The Morgan fingerprint density at radius 3 is 2.81 bits per heavy atom. The second-order valence-corrected chi connectivity index (χ2v) is 9.28. The predicted octanol–water partition coefficient (Wildman–Crippen LogP) is 3.59. The summed E-state index contributed by atoms with van der Waals surface area (Å²) in [4.78, 5) is 33.4. The molecule has 2 fully saturated rings. The molecule has 1 aliphatic carbocycles. The van der Waals surface area contributed by atoms with E-state index in [2.05, 4.69) is 24.2 Å². The van der Waals surface area contributed by atoms with Crippen LogP contribution in [0.2, 0.25) is 0 Å². The van der Waals surface area contributed by atoms with Crippen molar-refractivity contribution in [1.82, 2.24) is 15.1 Å². The molecule has 1 atom stereocenters. The first-order valence-corrected chi connectivity index (χ1v) is 11.6. The molecule has 0 radical (unpaired) electrons. The summed E-state index contributed by atoms with van der Waals surface area (Å²) in [6.07, 6.45) is 7.24. The zero-order valence-electron chi connectivity index (χ0n) is 18.9. The highest BCUT2D eigenvalue weighted by molar-refractivity contribution is 6.07. The Kier molecular flexibility index (Phi) is 6.49. The number of ether oxygens (including phenoxy) is 1. The van der Waals surface area contributed by atoms with Crippen LogP contribution in [0.15, 0.2) is 23.2 Å². The van der Waals surface area contributed by atoms with Gasteiger partial charge in [0.2, 0.25) is 17.8 Å². The first-order chi connectivity index (χ1) is 14.9. The van der Waals surface area contributed by atoms with E-state index in [4.69, 9.17) is 4.74 Å². The monoisotopic (exact) mass is 426 g/mol. The van der Waals surface area contributed by atoms with Gasteiger partial charge in [-0.1, -0.05) is 33.1 Å². The third-order valence-corrected chi connectivity index (χ3v) is 6.68. The van der Waals surface area contributed by atoms with E-state index >= 15 is 0 Å². The van der Waals surface area contributed by atoms with Crippen molar-refractivity contribution >= 4 is 23.5 Å². The molecule has 1 aromatic carbocycles. The van der Waals surface area contributed by atoms with Gasteiger partial charge in [-0.3, -0.25) is 14.9 Å². The van der Waals surface area contributed by atoms with Crippen LogP contribution in [-0.4, -0.2) is 53.3 Å². The third kappa shape index (κ3) is 4.70. The molecule has 1 saturated heterocycles. The van der Waals surface area contributed by atoms with Gasteiger partial charge in [0, 0.05) is 31.6 Å². The largest absolute Gasteiger partial charge is 0.494 e. The first kappa shape index (κ1) is 21.7. The second kappa shape index (κ2) is 9.28. The van der Waals surface area contributed by atoms with Gasteiger partial charge in [0.1, 0.15) is 11.8 Å². The Balaban J connectivity index is 1.29. The summed E-state index contributed by atoms with van der Waals surface area (Å²) < 4.78 is 5.93. The number of carbonyl (C=O) groups excluding carboxylic acids is 2. The average molecular weight is 427 g/mol. The maximum Gasteiger partial charge on any atom is 0.249 e.